The van der Waals surface area contributed by atoms with Gasteiger partial charge >= 0.3 is 0 Å². The fraction of sp³-hybridized carbons (Fsp3) is 1.00. The summed E-state index contributed by atoms with van der Waals surface area (Å²) in [5.74, 6) is 0.942. The Morgan fingerprint density at radius 1 is 1.25 bits per heavy atom. The first-order valence-corrected chi connectivity index (χ1v) is 3.03. The van der Waals surface area contributed by atoms with Crippen LogP contribution in [0, 0.1) is 5.92 Å². The molecule has 1 nitrogen and oxygen atoms in total. The average Bonchev–Trinajstić information content (AvgIpc) is 1.69. The molecule has 2 heteroatoms. The van der Waals surface area contributed by atoms with Gasteiger partial charge in [0.2, 0.25) is 0 Å². The smallest absolute Gasteiger partial charge is 0 e. The molecule has 0 aromatic rings. The van der Waals surface area contributed by atoms with E-state index < -0.39 is 0 Å². The molecule has 0 unspecified atom stereocenters. The zero-order valence-corrected chi connectivity index (χ0v) is 7.23. The van der Waals surface area contributed by atoms with E-state index in [0.29, 0.717) is 0 Å². The van der Waals surface area contributed by atoms with Crippen LogP contribution in [0.2, 0.25) is 0 Å². The standard InChI is InChI=1S/C6H12N.Sc/c1-6-2-4-7-5-3-6;/h6H,2-5H2,1H3;/q-1;. The number of piperidine rings is 1. The van der Waals surface area contributed by atoms with Gasteiger partial charge in [0.1, 0.15) is 0 Å². The molecule has 1 heterocycles. The molecule has 0 amide bonds. The summed E-state index contributed by atoms with van der Waals surface area (Å²) >= 11 is 0. The van der Waals surface area contributed by atoms with Gasteiger partial charge in [-0.1, -0.05) is 19.8 Å². The summed E-state index contributed by atoms with van der Waals surface area (Å²) in [5, 5.41) is 4.23. The van der Waals surface area contributed by atoms with Gasteiger partial charge in [-0.25, -0.2) is 0 Å². The van der Waals surface area contributed by atoms with E-state index >= 15 is 0 Å². The summed E-state index contributed by atoms with van der Waals surface area (Å²) in [4.78, 5) is 0. The van der Waals surface area contributed by atoms with Crippen LogP contribution in [0.4, 0.5) is 0 Å². The van der Waals surface area contributed by atoms with Crippen molar-refractivity contribution in [3.8, 4) is 0 Å². The Morgan fingerprint density at radius 2 is 1.75 bits per heavy atom. The molecule has 0 N–H and O–H groups in total. The first-order chi connectivity index (χ1) is 3.39. The SMILES string of the molecule is CC1CC[N-]CC1.[Sc]. The van der Waals surface area contributed by atoms with E-state index in [1.807, 2.05) is 0 Å². The van der Waals surface area contributed by atoms with Crippen molar-refractivity contribution in [1.82, 2.24) is 0 Å². The van der Waals surface area contributed by atoms with Crippen molar-refractivity contribution in [3.05, 3.63) is 5.32 Å². The summed E-state index contributed by atoms with van der Waals surface area (Å²) in [6.45, 7) is 4.52. The molecular weight excluding hydrogens is 131 g/mol. The minimum Gasteiger partial charge on any atom is -0.662 e. The quantitative estimate of drug-likeness (QED) is 0.490. The van der Waals surface area contributed by atoms with Crippen molar-refractivity contribution < 1.29 is 25.8 Å². The van der Waals surface area contributed by atoms with E-state index in [0.717, 1.165) is 19.0 Å². The van der Waals surface area contributed by atoms with E-state index in [-0.39, 0.29) is 25.8 Å². The number of hydrogen-bond acceptors (Lipinski definition) is 0. The molecule has 45 valence electrons. The molecule has 0 spiro atoms. The van der Waals surface area contributed by atoms with Crippen molar-refractivity contribution in [2.45, 2.75) is 19.8 Å². The van der Waals surface area contributed by atoms with Crippen LogP contribution in [-0.4, -0.2) is 13.1 Å². The molecule has 1 aliphatic heterocycles. The Morgan fingerprint density at radius 3 is 2.00 bits per heavy atom. The van der Waals surface area contributed by atoms with Crippen LogP contribution in [0.25, 0.3) is 5.32 Å². The Labute approximate surface area is 70.0 Å². The molecule has 1 fully saturated rings. The Hall–Kier alpha value is 0.830. The summed E-state index contributed by atoms with van der Waals surface area (Å²) in [5.41, 5.74) is 0. The molecule has 0 aliphatic carbocycles. The molecule has 1 aliphatic rings. The van der Waals surface area contributed by atoms with E-state index in [9.17, 15) is 0 Å². The average molecular weight is 143 g/mol. The van der Waals surface area contributed by atoms with Gasteiger partial charge in [-0.2, -0.15) is 0 Å². The van der Waals surface area contributed by atoms with Gasteiger partial charge in [-0.05, 0) is 5.92 Å². The summed E-state index contributed by atoms with van der Waals surface area (Å²) in [6, 6.07) is 0. The fourth-order valence-electron chi connectivity index (χ4n) is 0.879. The second-order valence-electron chi connectivity index (χ2n) is 2.35. The first-order valence-electron chi connectivity index (χ1n) is 3.03. The predicted molar refractivity (Wildman–Crippen MR) is 31.5 cm³/mol. The van der Waals surface area contributed by atoms with Crippen molar-refractivity contribution in [2.24, 2.45) is 5.92 Å². The fourth-order valence-corrected chi connectivity index (χ4v) is 0.879. The number of rotatable bonds is 0. The molecule has 0 aromatic heterocycles. The van der Waals surface area contributed by atoms with Gasteiger partial charge in [-0.15, -0.1) is 13.1 Å². The topological polar surface area (TPSA) is 14.1 Å². The van der Waals surface area contributed by atoms with Crippen molar-refractivity contribution >= 4 is 0 Å². The van der Waals surface area contributed by atoms with Crippen molar-refractivity contribution in [3.63, 3.8) is 0 Å². The first kappa shape index (κ1) is 8.83. The minimum atomic E-state index is 0. The molecule has 1 radical (unpaired) electrons. The Bertz CT molecular complexity index is 50.5. The summed E-state index contributed by atoms with van der Waals surface area (Å²) < 4.78 is 0. The zero-order valence-electron chi connectivity index (χ0n) is 5.43. The normalized spacial score (nSPS) is 22.1. The monoisotopic (exact) mass is 143 g/mol. The van der Waals surface area contributed by atoms with Crippen molar-refractivity contribution in [2.75, 3.05) is 13.1 Å². The third-order valence-corrected chi connectivity index (χ3v) is 1.56. The zero-order chi connectivity index (χ0) is 5.11. The molecule has 8 heavy (non-hydrogen) atoms. The maximum Gasteiger partial charge on any atom is 0 e. The van der Waals surface area contributed by atoms with Gasteiger partial charge < -0.3 is 5.32 Å². The Kier molecular flexibility index (Phi) is 5.17. The van der Waals surface area contributed by atoms with Gasteiger partial charge in [0, 0.05) is 25.8 Å². The van der Waals surface area contributed by atoms with Gasteiger partial charge in [-0.3, -0.25) is 0 Å². The van der Waals surface area contributed by atoms with Crippen LogP contribution < -0.4 is 0 Å². The van der Waals surface area contributed by atoms with E-state index in [1.54, 1.807) is 0 Å². The Balaban J connectivity index is 0.000000490. The largest absolute Gasteiger partial charge is 0.662 e. The van der Waals surface area contributed by atoms with Crippen LogP contribution in [0.15, 0.2) is 0 Å². The summed E-state index contributed by atoms with van der Waals surface area (Å²) in [6.07, 6.45) is 2.64. The van der Waals surface area contributed by atoms with E-state index in [1.165, 1.54) is 12.8 Å². The molecular formula is C6H12NSc-. The van der Waals surface area contributed by atoms with Crippen LogP contribution in [0.3, 0.4) is 0 Å². The second-order valence-corrected chi connectivity index (χ2v) is 2.35. The van der Waals surface area contributed by atoms with Crippen LogP contribution in [0.1, 0.15) is 19.8 Å². The van der Waals surface area contributed by atoms with E-state index in [4.69, 9.17) is 0 Å². The molecule has 0 aromatic carbocycles. The summed E-state index contributed by atoms with van der Waals surface area (Å²) in [7, 11) is 0. The predicted octanol–water partition coefficient (Wildman–Crippen LogP) is 1.79. The van der Waals surface area contributed by atoms with Gasteiger partial charge in [0.25, 0.3) is 0 Å². The molecule has 1 rings (SSSR count). The maximum absolute atomic E-state index is 4.23. The third kappa shape index (κ3) is 2.98. The molecule has 0 atom stereocenters. The van der Waals surface area contributed by atoms with Gasteiger partial charge in [0.15, 0.2) is 0 Å². The third-order valence-electron chi connectivity index (χ3n) is 1.56. The van der Waals surface area contributed by atoms with Crippen LogP contribution in [0.5, 0.6) is 0 Å². The second kappa shape index (κ2) is 4.68. The number of nitrogens with zero attached hydrogens (tertiary/aromatic N) is 1. The van der Waals surface area contributed by atoms with Crippen LogP contribution >= 0.6 is 0 Å². The maximum atomic E-state index is 4.23. The molecule has 0 saturated carbocycles. The molecule has 0 bridgehead atoms. The van der Waals surface area contributed by atoms with Gasteiger partial charge in [0.05, 0.1) is 0 Å². The minimum absolute atomic E-state index is 0. The van der Waals surface area contributed by atoms with Crippen LogP contribution in [-0.2, 0) is 25.8 Å². The van der Waals surface area contributed by atoms with E-state index in [2.05, 4.69) is 12.2 Å². The molecule has 1 saturated heterocycles. The van der Waals surface area contributed by atoms with Crippen molar-refractivity contribution in [1.29, 1.82) is 0 Å². The number of hydrogen-bond donors (Lipinski definition) is 0.